The van der Waals surface area contributed by atoms with Crippen LogP contribution in [0, 0.1) is 0 Å². The van der Waals surface area contributed by atoms with Gasteiger partial charge in [-0.25, -0.2) is 0 Å². The Bertz CT molecular complexity index is 955. The van der Waals surface area contributed by atoms with Crippen molar-refractivity contribution < 1.29 is 9.47 Å². The van der Waals surface area contributed by atoms with E-state index >= 15 is 0 Å². The number of ether oxygens (including phenoxy) is 2. The van der Waals surface area contributed by atoms with Gasteiger partial charge in [0.25, 0.3) is 5.56 Å². The zero-order chi connectivity index (χ0) is 19.2. The van der Waals surface area contributed by atoms with E-state index in [2.05, 4.69) is 22.0 Å². The zero-order valence-electron chi connectivity index (χ0n) is 16.0. The normalized spacial score (nSPS) is 17.6. The third kappa shape index (κ3) is 4.80. The minimum atomic E-state index is -0.0663. The first-order valence-electron chi connectivity index (χ1n) is 9.90. The Morgan fingerprint density at radius 2 is 2.00 bits per heavy atom. The lowest BCUT2D eigenvalue weighted by Gasteiger charge is -2.32. The Morgan fingerprint density at radius 3 is 2.89 bits per heavy atom. The molecule has 0 unspecified atom stereocenters. The van der Waals surface area contributed by atoms with Crippen LogP contribution in [0.4, 0.5) is 0 Å². The lowest BCUT2D eigenvalue weighted by molar-refractivity contribution is 0.0510. The lowest BCUT2D eigenvalue weighted by atomic mass is 10.1. The quantitative estimate of drug-likeness (QED) is 0.639. The highest BCUT2D eigenvalue weighted by Gasteiger charge is 2.21. The van der Waals surface area contributed by atoms with Gasteiger partial charge in [0.15, 0.2) is 0 Å². The second kappa shape index (κ2) is 9.04. The van der Waals surface area contributed by atoms with Gasteiger partial charge in [0.05, 0.1) is 13.2 Å². The summed E-state index contributed by atoms with van der Waals surface area (Å²) >= 11 is 0. The first-order chi connectivity index (χ1) is 13.8. The maximum absolute atomic E-state index is 11.8. The number of piperidine rings is 1. The standard InChI is InChI=1S/C23H26N2O3/c26-23-22-9-8-20(15-19(22)10-11-24-23)28-21-7-4-12-25(16-21)13-14-27-17-18-5-2-1-3-6-18/h1-3,5-6,8-11,15,21H,4,7,12-14,16-17H2,(H,24,26)/t21-/m0/s1. The molecular weight excluding hydrogens is 352 g/mol. The van der Waals surface area contributed by atoms with Gasteiger partial charge in [-0.3, -0.25) is 9.69 Å². The maximum Gasteiger partial charge on any atom is 0.255 e. The van der Waals surface area contributed by atoms with E-state index in [4.69, 9.17) is 9.47 Å². The van der Waals surface area contributed by atoms with Crippen molar-refractivity contribution >= 4 is 10.8 Å². The van der Waals surface area contributed by atoms with Gasteiger partial charge in [-0.2, -0.15) is 0 Å². The number of pyridine rings is 1. The highest BCUT2D eigenvalue weighted by Crippen LogP contribution is 2.22. The monoisotopic (exact) mass is 378 g/mol. The Labute approximate surface area is 164 Å². The van der Waals surface area contributed by atoms with Crippen molar-refractivity contribution in [3.63, 3.8) is 0 Å². The van der Waals surface area contributed by atoms with Crippen molar-refractivity contribution in [1.82, 2.24) is 9.88 Å². The van der Waals surface area contributed by atoms with Crippen molar-refractivity contribution in [2.45, 2.75) is 25.6 Å². The van der Waals surface area contributed by atoms with Gasteiger partial charge in [-0.05, 0) is 54.6 Å². The van der Waals surface area contributed by atoms with E-state index in [0.29, 0.717) is 12.0 Å². The molecule has 1 saturated heterocycles. The van der Waals surface area contributed by atoms with Crippen LogP contribution in [0.3, 0.4) is 0 Å². The Balaban J connectivity index is 1.27. The fraction of sp³-hybridized carbons (Fsp3) is 0.348. The summed E-state index contributed by atoms with van der Waals surface area (Å²) in [6.07, 6.45) is 4.01. The summed E-state index contributed by atoms with van der Waals surface area (Å²) < 4.78 is 12.0. The van der Waals surface area contributed by atoms with Crippen LogP contribution in [-0.4, -0.2) is 42.2 Å². The fourth-order valence-corrected chi connectivity index (χ4v) is 3.71. The Morgan fingerprint density at radius 1 is 1.11 bits per heavy atom. The molecule has 146 valence electrons. The highest BCUT2D eigenvalue weighted by molar-refractivity contribution is 5.82. The number of aromatic amines is 1. The molecule has 1 atom stereocenters. The second-order valence-corrected chi connectivity index (χ2v) is 7.28. The van der Waals surface area contributed by atoms with E-state index in [1.165, 1.54) is 5.56 Å². The molecule has 1 fully saturated rings. The molecule has 28 heavy (non-hydrogen) atoms. The molecule has 4 rings (SSSR count). The molecular formula is C23H26N2O3. The van der Waals surface area contributed by atoms with E-state index in [1.54, 1.807) is 6.20 Å². The summed E-state index contributed by atoms with van der Waals surface area (Å²) in [5, 5.41) is 1.60. The van der Waals surface area contributed by atoms with E-state index in [9.17, 15) is 4.79 Å². The van der Waals surface area contributed by atoms with Gasteiger partial charge in [-0.15, -0.1) is 0 Å². The molecule has 0 spiro atoms. The van der Waals surface area contributed by atoms with Gasteiger partial charge >= 0.3 is 0 Å². The van der Waals surface area contributed by atoms with Crippen LogP contribution >= 0.6 is 0 Å². The molecule has 5 nitrogen and oxygen atoms in total. The minimum absolute atomic E-state index is 0.0663. The number of aromatic nitrogens is 1. The summed E-state index contributed by atoms with van der Waals surface area (Å²) in [6.45, 7) is 4.29. The predicted molar refractivity (Wildman–Crippen MR) is 111 cm³/mol. The first kappa shape index (κ1) is 18.7. The molecule has 2 aromatic carbocycles. The Kier molecular flexibility index (Phi) is 6.04. The third-order valence-corrected chi connectivity index (χ3v) is 5.17. The molecule has 2 heterocycles. The van der Waals surface area contributed by atoms with Crippen LogP contribution in [0.5, 0.6) is 5.75 Å². The number of H-pyrrole nitrogens is 1. The van der Waals surface area contributed by atoms with E-state index in [0.717, 1.165) is 50.2 Å². The van der Waals surface area contributed by atoms with E-state index < -0.39 is 0 Å². The van der Waals surface area contributed by atoms with Crippen molar-refractivity contribution in [3.05, 3.63) is 76.7 Å². The summed E-state index contributed by atoms with van der Waals surface area (Å²) in [7, 11) is 0. The third-order valence-electron chi connectivity index (χ3n) is 5.17. The topological polar surface area (TPSA) is 54.6 Å². The molecule has 1 aromatic heterocycles. The molecule has 0 bridgehead atoms. The number of hydrogen-bond acceptors (Lipinski definition) is 4. The van der Waals surface area contributed by atoms with Gasteiger partial charge in [0, 0.05) is 24.7 Å². The number of benzene rings is 2. The minimum Gasteiger partial charge on any atom is -0.489 e. The van der Waals surface area contributed by atoms with Crippen molar-refractivity contribution in [3.8, 4) is 5.75 Å². The van der Waals surface area contributed by atoms with E-state index in [1.807, 2.05) is 42.5 Å². The van der Waals surface area contributed by atoms with E-state index in [-0.39, 0.29) is 11.7 Å². The molecule has 0 aliphatic carbocycles. The molecule has 0 saturated carbocycles. The summed E-state index contributed by atoms with van der Waals surface area (Å²) in [5.74, 6) is 0.824. The second-order valence-electron chi connectivity index (χ2n) is 7.28. The molecule has 5 heteroatoms. The van der Waals surface area contributed by atoms with Crippen molar-refractivity contribution in [2.24, 2.45) is 0 Å². The van der Waals surface area contributed by atoms with Gasteiger partial charge in [-0.1, -0.05) is 30.3 Å². The number of hydrogen-bond donors (Lipinski definition) is 1. The predicted octanol–water partition coefficient (Wildman–Crippen LogP) is 3.59. The number of likely N-dealkylation sites (tertiary alicyclic amines) is 1. The SMILES string of the molecule is O=c1[nH]ccc2cc(O[C@H]3CCCN(CCOCc4ccccc4)C3)ccc12. The Hall–Kier alpha value is -2.63. The number of nitrogens with zero attached hydrogens (tertiary/aromatic N) is 1. The van der Waals surface area contributed by atoms with Gasteiger partial charge < -0.3 is 14.5 Å². The van der Waals surface area contributed by atoms with Crippen molar-refractivity contribution in [1.29, 1.82) is 0 Å². The largest absolute Gasteiger partial charge is 0.489 e. The zero-order valence-corrected chi connectivity index (χ0v) is 16.0. The first-order valence-corrected chi connectivity index (χ1v) is 9.90. The van der Waals surface area contributed by atoms with Gasteiger partial charge in [0.2, 0.25) is 0 Å². The number of nitrogens with one attached hydrogen (secondary N) is 1. The van der Waals surface area contributed by atoms with Crippen molar-refractivity contribution in [2.75, 3.05) is 26.2 Å². The summed E-state index contributed by atoms with van der Waals surface area (Å²) in [4.78, 5) is 16.9. The average Bonchev–Trinajstić information content (AvgIpc) is 2.72. The maximum atomic E-state index is 11.8. The molecule has 1 aliphatic heterocycles. The molecule has 1 aliphatic rings. The highest BCUT2D eigenvalue weighted by atomic mass is 16.5. The summed E-state index contributed by atoms with van der Waals surface area (Å²) in [6, 6.07) is 17.8. The molecule has 0 amide bonds. The summed E-state index contributed by atoms with van der Waals surface area (Å²) in [5.41, 5.74) is 1.14. The fourth-order valence-electron chi connectivity index (χ4n) is 3.71. The van der Waals surface area contributed by atoms with Crippen LogP contribution in [0.25, 0.3) is 10.8 Å². The molecule has 0 radical (unpaired) electrons. The smallest absolute Gasteiger partial charge is 0.255 e. The van der Waals surface area contributed by atoms with Crippen LogP contribution in [0.1, 0.15) is 18.4 Å². The lowest BCUT2D eigenvalue weighted by Crippen LogP contribution is -2.42. The van der Waals surface area contributed by atoms with Crippen LogP contribution in [-0.2, 0) is 11.3 Å². The number of fused-ring (bicyclic) bond motifs is 1. The van der Waals surface area contributed by atoms with Crippen LogP contribution < -0.4 is 10.3 Å². The van der Waals surface area contributed by atoms with Crippen LogP contribution in [0.2, 0.25) is 0 Å². The molecule has 3 aromatic rings. The average molecular weight is 378 g/mol. The molecule has 1 N–H and O–H groups in total. The van der Waals surface area contributed by atoms with Gasteiger partial charge in [0.1, 0.15) is 11.9 Å². The number of rotatable bonds is 7. The van der Waals surface area contributed by atoms with Crippen LogP contribution in [0.15, 0.2) is 65.6 Å².